The van der Waals surface area contributed by atoms with Gasteiger partial charge in [0.2, 0.25) is 0 Å². The van der Waals surface area contributed by atoms with Gasteiger partial charge in [0.1, 0.15) is 22.6 Å². The van der Waals surface area contributed by atoms with Crippen molar-refractivity contribution in [1.29, 1.82) is 0 Å². The maximum Gasteiger partial charge on any atom is 0.332 e. The zero-order valence-corrected chi connectivity index (χ0v) is 38.1. The van der Waals surface area contributed by atoms with Gasteiger partial charge < -0.3 is 33.5 Å². The van der Waals surface area contributed by atoms with Crippen molar-refractivity contribution in [2.24, 2.45) is 23.7 Å². The normalized spacial score (nSPS) is 27.9. The third-order valence-electron chi connectivity index (χ3n) is 13.5. The number of methoxy groups -OCH3 is 1. The van der Waals surface area contributed by atoms with E-state index in [-0.39, 0.29) is 32.3 Å². The Morgan fingerprint density at radius 1 is 0.703 bits per heavy atom. The quantitative estimate of drug-likeness (QED) is 0.114. The second-order valence-electron chi connectivity index (χ2n) is 16.7. The molecule has 6 aliphatic rings. The first kappa shape index (κ1) is 42.8. The number of ether oxygens (including phenoxy) is 5. The van der Waals surface area contributed by atoms with Gasteiger partial charge in [0.15, 0.2) is 0 Å². The summed E-state index contributed by atoms with van der Waals surface area (Å²) >= 11 is 0. The number of imide groups is 2. The number of nitrogens with zero attached hydrogens (tertiary/aromatic N) is 4. The van der Waals surface area contributed by atoms with Gasteiger partial charge in [-0.3, -0.25) is 19.2 Å². The second-order valence-corrected chi connectivity index (χ2v) is 16.7. The van der Waals surface area contributed by atoms with Gasteiger partial charge >= 0.3 is 24.0 Å². The Hall–Kier alpha value is -7.90. The number of urea groups is 2. The molecule has 6 aliphatic heterocycles. The van der Waals surface area contributed by atoms with E-state index in [2.05, 4.69) is 6.07 Å². The average Bonchev–Trinajstić information content (AvgIpc) is 3.87. The summed E-state index contributed by atoms with van der Waals surface area (Å²) < 4.78 is 27.9. The molecular weight excluding hydrogens is 1070 g/mol. The van der Waals surface area contributed by atoms with Crippen LogP contribution >= 0.6 is 0 Å². The van der Waals surface area contributed by atoms with Gasteiger partial charge in [0, 0.05) is 35.3 Å². The smallest absolute Gasteiger partial charge is 0.332 e. The molecule has 4 fully saturated rings. The summed E-state index contributed by atoms with van der Waals surface area (Å²) in [5, 5.41) is 0. The van der Waals surface area contributed by atoms with Crippen LogP contribution in [0.5, 0.6) is 17.2 Å². The Morgan fingerprint density at radius 2 is 1.22 bits per heavy atom. The molecule has 0 aromatic heterocycles. The van der Waals surface area contributed by atoms with E-state index in [9.17, 15) is 28.8 Å². The zero-order valence-electron chi connectivity index (χ0n) is 36.0. The Balaban J connectivity index is 0.000000173. The summed E-state index contributed by atoms with van der Waals surface area (Å²) in [5.74, 6) is -2.48. The largest absolute Gasteiger partial charge is 0.518 e. The minimum absolute atomic E-state index is 0. The number of para-hydroxylation sites is 1. The molecule has 341 valence electrons. The van der Waals surface area contributed by atoms with Crippen LogP contribution in [0, 0.1) is 36.7 Å². The summed E-state index contributed by atoms with van der Waals surface area (Å²) in [7, 11) is 1.57. The predicted octanol–water partition coefficient (Wildman–Crippen LogP) is 6.43. The molecule has 15 nitrogen and oxygen atoms in total. The van der Waals surface area contributed by atoms with E-state index in [4.69, 9.17) is 23.7 Å². The Morgan fingerprint density at radius 3 is 1.75 bits per heavy atom. The summed E-state index contributed by atoms with van der Waals surface area (Å²) in [5.41, 5.74) is 0.715. The SMILES string of the molecule is CCOC(=O)[C@@H]1[C@H]2COc3cc(OC)ccc3[C@@H]2N2C(=O)N(c3ccc(C)cc3)C(=O)[C@@]12C.CCOC(=O)[C@@H]1[C@H]2COc3cc[c-]cc3[C@@H]2N2C(=O)N(c3ccccc3)C(=O)[C@@]12C.[Lr]. The monoisotopic (exact) mass is 1120 g/mol. The second kappa shape index (κ2) is 15.8. The molecular formula is C48H47LrN4O11-. The molecule has 4 aromatic rings. The molecule has 4 aromatic carbocycles. The number of rotatable bonds is 7. The number of hydrogen-bond donors (Lipinski definition) is 0. The van der Waals surface area contributed by atoms with Gasteiger partial charge in [0.25, 0.3) is 11.8 Å². The molecule has 10 rings (SSSR count). The number of carbonyl (C=O) groups excluding carboxylic acids is 6. The van der Waals surface area contributed by atoms with Crippen LogP contribution in [0.1, 0.15) is 56.5 Å². The van der Waals surface area contributed by atoms with Crippen molar-refractivity contribution in [3.8, 4) is 17.2 Å². The molecule has 0 N–H and O–H groups in total. The van der Waals surface area contributed by atoms with Crippen LogP contribution in [0.15, 0.2) is 91.0 Å². The zero-order chi connectivity index (χ0) is 44.5. The van der Waals surface area contributed by atoms with E-state index in [1.807, 2.05) is 31.2 Å². The fourth-order valence-corrected chi connectivity index (χ4v) is 10.7. The topological polar surface area (TPSA) is 162 Å². The molecule has 1 radical (unpaired) electrons. The molecule has 16 heteroatoms. The van der Waals surface area contributed by atoms with E-state index in [1.165, 1.54) is 9.80 Å². The molecule has 0 saturated carbocycles. The van der Waals surface area contributed by atoms with Crippen molar-refractivity contribution in [1.82, 2.24) is 9.80 Å². The van der Waals surface area contributed by atoms with E-state index in [0.29, 0.717) is 28.6 Å². The van der Waals surface area contributed by atoms with Gasteiger partial charge in [-0.2, -0.15) is 18.2 Å². The van der Waals surface area contributed by atoms with E-state index >= 15 is 0 Å². The minimum atomic E-state index is -1.39. The fourth-order valence-electron chi connectivity index (χ4n) is 10.7. The molecule has 64 heavy (non-hydrogen) atoms. The maximum absolute atomic E-state index is 13.9. The first-order valence-electron chi connectivity index (χ1n) is 21.1. The Kier molecular flexibility index (Phi) is 10.5. The van der Waals surface area contributed by atoms with E-state index < -0.39 is 76.7 Å². The number of benzene rings is 4. The number of amides is 6. The van der Waals surface area contributed by atoms with Gasteiger partial charge in [-0.1, -0.05) is 41.5 Å². The van der Waals surface area contributed by atoms with Crippen LogP contribution in [0.2, 0.25) is 0 Å². The van der Waals surface area contributed by atoms with Crippen molar-refractivity contribution in [2.45, 2.75) is 57.8 Å². The van der Waals surface area contributed by atoms with Crippen molar-refractivity contribution in [2.75, 3.05) is 43.3 Å². The molecule has 0 spiro atoms. The van der Waals surface area contributed by atoms with Gasteiger partial charge in [-0.25, -0.2) is 19.4 Å². The van der Waals surface area contributed by atoms with Crippen molar-refractivity contribution in [3.63, 3.8) is 0 Å². The third-order valence-corrected chi connectivity index (χ3v) is 13.5. The number of carbonyl (C=O) groups is 6. The van der Waals surface area contributed by atoms with Crippen LogP contribution in [-0.2, 0) is 28.7 Å². The summed E-state index contributed by atoms with van der Waals surface area (Å²) in [6, 6.07) is 27.8. The van der Waals surface area contributed by atoms with Crippen LogP contribution in [0.3, 0.4) is 0 Å². The first-order valence-corrected chi connectivity index (χ1v) is 21.1. The number of hydrogen-bond acceptors (Lipinski definition) is 11. The molecule has 8 atom stereocenters. The number of fused-ring (bicyclic) bond motifs is 10. The van der Waals surface area contributed by atoms with Crippen LogP contribution in [0.4, 0.5) is 21.0 Å². The Labute approximate surface area is 364 Å². The third kappa shape index (κ3) is 5.95. The van der Waals surface area contributed by atoms with Gasteiger partial charge in [-0.15, -0.1) is 6.07 Å². The van der Waals surface area contributed by atoms with E-state index in [1.54, 1.807) is 111 Å². The van der Waals surface area contributed by atoms with Crippen molar-refractivity contribution in [3.05, 3.63) is 114 Å². The minimum Gasteiger partial charge on any atom is -0.518 e. The van der Waals surface area contributed by atoms with Crippen LogP contribution in [-0.4, -0.2) is 90.2 Å². The first-order chi connectivity index (χ1) is 30.3. The maximum atomic E-state index is 13.9. The summed E-state index contributed by atoms with van der Waals surface area (Å²) in [4.78, 5) is 86.7. The molecule has 4 saturated heterocycles. The Bertz CT molecular complexity index is 2540. The average molecular weight is 1120 g/mol. The van der Waals surface area contributed by atoms with Crippen molar-refractivity contribution < 1.29 is 52.5 Å². The fraction of sp³-hybridized carbons (Fsp3) is 0.375. The summed E-state index contributed by atoms with van der Waals surface area (Å²) in [6.45, 7) is 9.51. The number of esters is 2. The van der Waals surface area contributed by atoms with Crippen molar-refractivity contribution >= 4 is 47.2 Å². The van der Waals surface area contributed by atoms with Crippen LogP contribution < -0.4 is 24.0 Å². The molecule has 6 heterocycles. The van der Waals surface area contributed by atoms with E-state index in [0.717, 1.165) is 16.7 Å². The predicted molar refractivity (Wildman–Crippen MR) is 226 cm³/mol. The number of anilines is 2. The van der Waals surface area contributed by atoms with Crippen LogP contribution in [0.25, 0.3) is 0 Å². The number of aryl methyl sites for hydroxylation is 1. The summed E-state index contributed by atoms with van der Waals surface area (Å²) in [6.07, 6.45) is 0. The standard InChI is InChI=1S/C25H26N2O6.C23H21N2O5.Lr/c1-5-32-22(28)20-18-13-33-19-12-16(31-4)10-11-17(19)21(18)27-24(30)26(23(29)25(20,27)3)15-8-6-14(2)7-9-15;1-3-29-20(26)18-16-13-30-17-12-8-7-11-15(17)19(16)25-22(28)24(21(27)23(18,25)2)14-9-5-4-6-10-14;/h6-12,18,20-21H,5,13H2,1-4H3;4-6,8-12,16,18-19H,3,13H2,1-2H3;/q;-1;/t18-,20+,21+,25-;16-,18+,19+,23-;/m11./s1. The molecule has 6 amide bonds. The van der Waals surface area contributed by atoms with Gasteiger partial charge in [-0.05, 0) is 71.0 Å². The molecule has 0 aliphatic carbocycles. The molecule has 0 unspecified atom stereocenters. The molecule has 0 bridgehead atoms. The van der Waals surface area contributed by atoms with Gasteiger partial charge in [0.05, 0.1) is 62.8 Å².